The largest absolute Gasteiger partial charge is 0.508 e. The summed E-state index contributed by atoms with van der Waals surface area (Å²) in [5.41, 5.74) is 1.20. The summed E-state index contributed by atoms with van der Waals surface area (Å²) in [5.74, 6) is -2.35. The van der Waals surface area contributed by atoms with Gasteiger partial charge < -0.3 is 19.7 Å². The molecule has 0 radical (unpaired) electrons. The van der Waals surface area contributed by atoms with E-state index in [2.05, 4.69) is 0 Å². The van der Waals surface area contributed by atoms with E-state index in [1.165, 1.54) is 59.5 Å². The molecule has 4 rings (SSSR count). The van der Waals surface area contributed by atoms with Crippen molar-refractivity contribution >= 4 is 40.7 Å². The number of nitrogens with zero attached hydrogens (tertiary/aromatic N) is 1. The van der Waals surface area contributed by atoms with Crippen LogP contribution in [0.2, 0.25) is 5.02 Å². The fraction of sp³-hybridized carbons (Fsp3) is 0.179. The summed E-state index contributed by atoms with van der Waals surface area (Å²) in [4.78, 5) is 39.9. The Kier molecular flexibility index (Phi) is 7.50. The standard InChI is InChI=1S/C28H24ClNO7/c1-3-36-22-15-18(9-14-21(22)29)25(32)23-24(16-7-12-20(31)13-8-16)30(27(34)26(23)33)19-10-5-17(6-11-19)28(35)37-4-2/h5-15,24,31-32H,3-4H2,1-2H3/b25-23-. The van der Waals surface area contributed by atoms with E-state index in [-0.39, 0.29) is 29.1 Å². The number of esters is 1. The maximum atomic E-state index is 13.3. The number of hydrogen-bond donors (Lipinski definition) is 2. The van der Waals surface area contributed by atoms with Gasteiger partial charge in [-0.2, -0.15) is 0 Å². The first-order chi connectivity index (χ1) is 17.8. The van der Waals surface area contributed by atoms with Gasteiger partial charge in [0, 0.05) is 11.3 Å². The van der Waals surface area contributed by atoms with Crippen molar-refractivity contribution in [1.29, 1.82) is 0 Å². The van der Waals surface area contributed by atoms with E-state index in [4.69, 9.17) is 21.1 Å². The number of aliphatic hydroxyl groups is 1. The predicted molar refractivity (Wildman–Crippen MR) is 138 cm³/mol. The molecule has 3 aromatic carbocycles. The molecule has 1 saturated heterocycles. The number of amides is 1. The Morgan fingerprint density at radius 2 is 1.59 bits per heavy atom. The molecule has 37 heavy (non-hydrogen) atoms. The maximum Gasteiger partial charge on any atom is 0.338 e. The van der Waals surface area contributed by atoms with Gasteiger partial charge in [0.1, 0.15) is 17.3 Å². The summed E-state index contributed by atoms with van der Waals surface area (Å²) >= 11 is 6.18. The van der Waals surface area contributed by atoms with Crippen LogP contribution in [-0.2, 0) is 14.3 Å². The van der Waals surface area contributed by atoms with Gasteiger partial charge in [-0.25, -0.2) is 4.79 Å². The Balaban J connectivity index is 1.86. The molecular weight excluding hydrogens is 498 g/mol. The van der Waals surface area contributed by atoms with Crippen molar-refractivity contribution in [2.24, 2.45) is 0 Å². The topological polar surface area (TPSA) is 113 Å². The number of ketones is 1. The molecule has 0 saturated carbocycles. The molecule has 0 aliphatic carbocycles. The van der Waals surface area contributed by atoms with Crippen LogP contribution < -0.4 is 9.64 Å². The highest BCUT2D eigenvalue weighted by molar-refractivity contribution is 6.51. The molecule has 8 nitrogen and oxygen atoms in total. The molecule has 1 amide bonds. The molecule has 0 spiro atoms. The van der Waals surface area contributed by atoms with Gasteiger partial charge in [0.2, 0.25) is 0 Å². The quantitative estimate of drug-likeness (QED) is 0.189. The Bertz CT molecular complexity index is 1380. The third kappa shape index (κ3) is 5.01. The van der Waals surface area contributed by atoms with Gasteiger partial charge >= 0.3 is 5.97 Å². The third-order valence-corrected chi connectivity index (χ3v) is 6.13. The zero-order valence-corrected chi connectivity index (χ0v) is 20.9. The number of hydrogen-bond acceptors (Lipinski definition) is 7. The maximum absolute atomic E-state index is 13.3. The normalized spacial score (nSPS) is 16.6. The van der Waals surface area contributed by atoms with Gasteiger partial charge in [0.05, 0.1) is 35.4 Å². The minimum atomic E-state index is -1.01. The van der Waals surface area contributed by atoms with Crippen LogP contribution in [0.3, 0.4) is 0 Å². The number of aromatic hydroxyl groups is 1. The van der Waals surface area contributed by atoms with Crippen molar-refractivity contribution in [3.63, 3.8) is 0 Å². The number of aliphatic hydroxyl groups excluding tert-OH is 1. The summed E-state index contributed by atoms with van der Waals surface area (Å²) in [6.07, 6.45) is 0. The predicted octanol–water partition coefficient (Wildman–Crippen LogP) is 5.25. The lowest BCUT2D eigenvalue weighted by Gasteiger charge is -2.25. The first kappa shape index (κ1) is 25.8. The number of carbonyl (C=O) groups excluding carboxylic acids is 3. The van der Waals surface area contributed by atoms with Crippen LogP contribution in [0.5, 0.6) is 11.5 Å². The van der Waals surface area contributed by atoms with Crippen LogP contribution in [-0.4, -0.2) is 41.1 Å². The van der Waals surface area contributed by atoms with E-state index in [9.17, 15) is 24.6 Å². The Morgan fingerprint density at radius 3 is 2.22 bits per heavy atom. The molecular formula is C28H24ClNO7. The van der Waals surface area contributed by atoms with Crippen LogP contribution in [0.4, 0.5) is 5.69 Å². The SMILES string of the molecule is CCOC(=O)c1ccc(N2C(=O)C(=O)/C(=C(\O)c3ccc(Cl)c(OCC)c3)C2c2ccc(O)cc2)cc1. The fourth-order valence-electron chi connectivity index (χ4n) is 4.12. The summed E-state index contributed by atoms with van der Waals surface area (Å²) in [7, 11) is 0. The molecule has 190 valence electrons. The van der Waals surface area contributed by atoms with Crippen molar-refractivity contribution in [2.45, 2.75) is 19.9 Å². The molecule has 1 heterocycles. The van der Waals surface area contributed by atoms with Crippen LogP contribution in [0, 0.1) is 0 Å². The van der Waals surface area contributed by atoms with E-state index in [1.807, 2.05) is 0 Å². The monoisotopic (exact) mass is 521 g/mol. The molecule has 1 fully saturated rings. The minimum Gasteiger partial charge on any atom is -0.508 e. The second-order valence-corrected chi connectivity index (χ2v) is 8.51. The zero-order valence-electron chi connectivity index (χ0n) is 20.1. The average molecular weight is 522 g/mol. The highest BCUT2D eigenvalue weighted by atomic mass is 35.5. The number of phenols is 1. The summed E-state index contributed by atoms with van der Waals surface area (Å²) < 4.78 is 10.5. The lowest BCUT2D eigenvalue weighted by atomic mass is 9.95. The van der Waals surface area contributed by atoms with Gasteiger partial charge in [0.15, 0.2) is 0 Å². The van der Waals surface area contributed by atoms with Gasteiger partial charge in [-0.05, 0) is 74.0 Å². The Morgan fingerprint density at radius 1 is 0.946 bits per heavy atom. The van der Waals surface area contributed by atoms with Crippen molar-refractivity contribution in [2.75, 3.05) is 18.1 Å². The highest BCUT2D eigenvalue weighted by Crippen LogP contribution is 2.43. The van der Waals surface area contributed by atoms with Crippen LogP contribution in [0.1, 0.15) is 41.4 Å². The Labute approximate surface area is 218 Å². The number of halogens is 1. The molecule has 1 aliphatic rings. The van der Waals surface area contributed by atoms with Gasteiger partial charge in [0.25, 0.3) is 11.7 Å². The zero-order chi connectivity index (χ0) is 26.7. The smallest absolute Gasteiger partial charge is 0.338 e. The number of phenolic OH excluding ortho intramolecular Hbond substituents is 1. The summed E-state index contributed by atoms with van der Waals surface area (Å²) in [5, 5.41) is 21.4. The number of anilines is 1. The molecule has 9 heteroatoms. The first-order valence-corrected chi connectivity index (χ1v) is 11.9. The van der Waals surface area contributed by atoms with Gasteiger partial charge in [-0.15, -0.1) is 0 Å². The number of rotatable bonds is 7. The average Bonchev–Trinajstić information content (AvgIpc) is 3.16. The highest BCUT2D eigenvalue weighted by Gasteiger charge is 2.47. The molecule has 1 atom stereocenters. The second kappa shape index (κ2) is 10.8. The van der Waals surface area contributed by atoms with Crippen molar-refractivity contribution in [3.05, 3.63) is 94.0 Å². The van der Waals surface area contributed by atoms with Crippen LogP contribution in [0.25, 0.3) is 5.76 Å². The molecule has 0 bridgehead atoms. The molecule has 1 aliphatic heterocycles. The lowest BCUT2D eigenvalue weighted by molar-refractivity contribution is -0.132. The minimum absolute atomic E-state index is 0.00134. The van der Waals surface area contributed by atoms with Crippen LogP contribution >= 0.6 is 11.6 Å². The van der Waals surface area contributed by atoms with Crippen molar-refractivity contribution < 1.29 is 34.1 Å². The molecule has 2 N–H and O–H groups in total. The summed E-state index contributed by atoms with van der Waals surface area (Å²) in [6.45, 7) is 4.03. The second-order valence-electron chi connectivity index (χ2n) is 8.11. The van der Waals surface area contributed by atoms with Crippen molar-refractivity contribution in [1.82, 2.24) is 0 Å². The fourth-order valence-corrected chi connectivity index (χ4v) is 4.29. The first-order valence-electron chi connectivity index (χ1n) is 11.6. The summed E-state index contributed by atoms with van der Waals surface area (Å²) in [6, 6.07) is 15.6. The van der Waals surface area contributed by atoms with Crippen LogP contribution in [0.15, 0.2) is 72.3 Å². The number of benzene rings is 3. The number of ether oxygens (including phenoxy) is 2. The van der Waals surface area contributed by atoms with E-state index < -0.39 is 29.5 Å². The number of Topliss-reactive ketones (excluding diaryl/α,β-unsaturated/α-hetero) is 1. The third-order valence-electron chi connectivity index (χ3n) is 5.81. The molecule has 1 unspecified atom stereocenters. The van der Waals surface area contributed by atoms with E-state index in [0.29, 0.717) is 28.6 Å². The van der Waals surface area contributed by atoms with Gasteiger partial charge in [-0.1, -0.05) is 23.7 Å². The van der Waals surface area contributed by atoms with E-state index in [0.717, 1.165) is 0 Å². The molecule has 3 aromatic rings. The lowest BCUT2D eigenvalue weighted by Crippen LogP contribution is -2.29. The Hall–Kier alpha value is -4.30. The van der Waals surface area contributed by atoms with Gasteiger partial charge in [-0.3, -0.25) is 14.5 Å². The molecule has 0 aromatic heterocycles. The van der Waals surface area contributed by atoms with Crippen molar-refractivity contribution in [3.8, 4) is 11.5 Å². The van der Waals surface area contributed by atoms with E-state index in [1.54, 1.807) is 26.0 Å². The number of carbonyl (C=O) groups is 3. The van der Waals surface area contributed by atoms with E-state index >= 15 is 0 Å².